The zero-order valence-corrected chi connectivity index (χ0v) is 13.7. The molecular weight excluding hydrogens is 326 g/mol. The second-order valence-electron chi connectivity index (χ2n) is 5.59. The van der Waals surface area contributed by atoms with Crippen molar-refractivity contribution in [3.8, 4) is 6.07 Å². The molecule has 130 valence electrons. The highest BCUT2D eigenvalue weighted by Crippen LogP contribution is 2.28. The molecule has 5 nitrogen and oxygen atoms in total. The molecule has 0 spiro atoms. The van der Waals surface area contributed by atoms with Crippen LogP contribution in [0.15, 0.2) is 48.8 Å². The van der Waals surface area contributed by atoms with Gasteiger partial charge in [0.25, 0.3) is 5.92 Å². The molecule has 0 aliphatic carbocycles. The molecule has 0 aliphatic rings. The Labute approximate surface area is 144 Å². The van der Waals surface area contributed by atoms with Gasteiger partial charge in [-0.2, -0.15) is 5.26 Å². The van der Waals surface area contributed by atoms with Crippen LogP contribution in [-0.2, 0) is 12.5 Å². The van der Waals surface area contributed by atoms with Crippen molar-refractivity contribution >= 4 is 11.7 Å². The number of nitrogens with zero attached hydrogens (tertiary/aromatic N) is 3. The van der Waals surface area contributed by atoms with Crippen LogP contribution >= 0.6 is 0 Å². The fourth-order valence-electron chi connectivity index (χ4n) is 2.22. The van der Waals surface area contributed by atoms with E-state index in [9.17, 15) is 13.6 Å². The number of rotatable bonds is 6. The van der Waals surface area contributed by atoms with E-state index in [2.05, 4.69) is 10.3 Å². The van der Waals surface area contributed by atoms with E-state index in [4.69, 9.17) is 5.26 Å². The summed E-state index contributed by atoms with van der Waals surface area (Å²) < 4.78 is 26.8. The summed E-state index contributed by atoms with van der Waals surface area (Å²) in [5, 5.41) is 11.4. The standard InChI is InChI=1S/C18H18F2N4O/c1-18(19,20)15-6-2-7-16(11-15)23-17(25)24(10-4-8-21)13-14-5-3-9-22-12-14/h2-3,5-7,9,11-12H,4,10,13H2,1H3,(H,23,25). The molecule has 2 aromatic rings. The normalized spacial score (nSPS) is 10.8. The van der Waals surface area contributed by atoms with E-state index in [0.717, 1.165) is 12.5 Å². The molecule has 0 aliphatic heterocycles. The fourth-order valence-corrected chi connectivity index (χ4v) is 2.22. The molecule has 2 amide bonds. The maximum atomic E-state index is 13.4. The number of carbonyl (C=O) groups excluding carboxylic acids is 1. The van der Waals surface area contributed by atoms with Gasteiger partial charge in [0.1, 0.15) is 0 Å². The molecule has 1 heterocycles. The highest BCUT2D eigenvalue weighted by molar-refractivity contribution is 5.89. The number of hydrogen-bond acceptors (Lipinski definition) is 3. The Bertz CT molecular complexity index is 754. The maximum absolute atomic E-state index is 13.4. The third-order valence-corrected chi connectivity index (χ3v) is 3.50. The molecule has 0 saturated heterocycles. The number of benzene rings is 1. The number of alkyl halides is 2. The molecule has 7 heteroatoms. The Hall–Kier alpha value is -3.01. The van der Waals surface area contributed by atoms with Crippen LogP contribution in [0, 0.1) is 11.3 Å². The van der Waals surface area contributed by atoms with Crippen molar-refractivity contribution < 1.29 is 13.6 Å². The molecule has 0 radical (unpaired) electrons. The fraction of sp³-hybridized carbons (Fsp3) is 0.278. The summed E-state index contributed by atoms with van der Waals surface area (Å²) in [6.07, 6.45) is 3.42. The average Bonchev–Trinajstić information content (AvgIpc) is 2.59. The number of urea groups is 1. The van der Waals surface area contributed by atoms with Gasteiger partial charge in [-0.25, -0.2) is 13.6 Å². The number of halogens is 2. The van der Waals surface area contributed by atoms with Crippen LogP contribution in [0.5, 0.6) is 0 Å². The van der Waals surface area contributed by atoms with Crippen LogP contribution in [-0.4, -0.2) is 22.5 Å². The van der Waals surface area contributed by atoms with E-state index < -0.39 is 12.0 Å². The monoisotopic (exact) mass is 344 g/mol. The van der Waals surface area contributed by atoms with Crippen LogP contribution in [0.1, 0.15) is 24.5 Å². The lowest BCUT2D eigenvalue weighted by atomic mass is 10.1. The van der Waals surface area contributed by atoms with Crippen LogP contribution in [0.4, 0.5) is 19.3 Å². The van der Waals surface area contributed by atoms with E-state index in [1.165, 1.54) is 23.1 Å². The van der Waals surface area contributed by atoms with E-state index >= 15 is 0 Å². The van der Waals surface area contributed by atoms with Crippen molar-refractivity contribution in [3.63, 3.8) is 0 Å². The van der Waals surface area contributed by atoms with E-state index in [1.54, 1.807) is 24.5 Å². The van der Waals surface area contributed by atoms with Crippen LogP contribution in [0.25, 0.3) is 0 Å². The summed E-state index contributed by atoms with van der Waals surface area (Å²) in [7, 11) is 0. The predicted octanol–water partition coefficient (Wildman–Crippen LogP) is 4.14. The Morgan fingerprint density at radius 2 is 2.16 bits per heavy atom. The molecular formula is C18H18F2N4O. The number of anilines is 1. The van der Waals surface area contributed by atoms with Crippen molar-refractivity contribution in [2.24, 2.45) is 0 Å². The van der Waals surface area contributed by atoms with Gasteiger partial charge in [-0.05, 0) is 23.8 Å². The quantitative estimate of drug-likeness (QED) is 0.856. The van der Waals surface area contributed by atoms with Gasteiger partial charge in [-0.1, -0.05) is 18.2 Å². The van der Waals surface area contributed by atoms with Crippen molar-refractivity contribution in [1.29, 1.82) is 5.26 Å². The summed E-state index contributed by atoms with van der Waals surface area (Å²) in [4.78, 5) is 17.9. The topological polar surface area (TPSA) is 69.0 Å². The second kappa shape index (κ2) is 8.20. The number of hydrogen-bond donors (Lipinski definition) is 1. The SMILES string of the molecule is CC(F)(F)c1cccc(NC(=O)N(CCC#N)Cc2cccnc2)c1. The first-order valence-corrected chi connectivity index (χ1v) is 7.70. The summed E-state index contributed by atoms with van der Waals surface area (Å²) >= 11 is 0. The van der Waals surface area contributed by atoms with Gasteiger partial charge in [0.05, 0.1) is 12.5 Å². The van der Waals surface area contributed by atoms with Gasteiger partial charge in [0.15, 0.2) is 0 Å². The summed E-state index contributed by atoms with van der Waals surface area (Å²) in [6, 6.07) is 10.7. The highest BCUT2D eigenvalue weighted by Gasteiger charge is 2.24. The number of carbonyl (C=O) groups is 1. The Kier molecular flexibility index (Phi) is 6.01. The van der Waals surface area contributed by atoms with Crippen LogP contribution in [0.2, 0.25) is 0 Å². The second-order valence-corrected chi connectivity index (χ2v) is 5.59. The van der Waals surface area contributed by atoms with Crippen LogP contribution in [0.3, 0.4) is 0 Å². The van der Waals surface area contributed by atoms with E-state index in [-0.39, 0.29) is 30.8 Å². The van der Waals surface area contributed by atoms with Crippen molar-refractivity contribution in [2.45, 2.75) is 25.8 Å². The zero-order valence-electron chi connectivity index (χ0n) is 13.7. The molecule has 2 rings (SSSR count). The molecule has 0 bridgehead atoms. The first kappa shape index (κ1) is 18.3. The van der Waals surface area contributed by atoms with E-state index in [0.29, 0.717) is 0 Å². The van der Waals surface area contributed by atoms with Crippen molar-refractivity contribution in [1.82, 2.24) is 9.88 Å². The lowest BCUT2D eigenvalue weighted by Gasteiger charge is -2.22. The zero-order chi connectivity index (χ0) is 18.3. The lowest BCUT2D eigenvalue weighted by molar-refractivity contribution is 0.0175. The summed E-state index contributed by atoms with van der Waals surface area (Å²) in [6.45, 7) is 1.29. The third kappa shape index (κ3) is 5.53. The smallest absolute Gasteiger partial charge is 0.319 e. The maximum Gasteiger partial charge on any atom is 0.322 e. The van der Waals surface area contributed by atoms with Gasteiger partial charge in [-0.3, -0.25) is 4.98 Å². The first-order valence-electron chi connectivity index (χ1n) is 7.70. The minimum atomic E-state index is -2.99. The van der Waals surface area contributed by atoms with E-state index in [1.807, 2.05) is 12.1 Å². The van der Waals surface area contributed by atoms with Crippen molar-refractivity contribution in [3.05, 3.63) is 59.9 Å². The first-order chi connectivity index (χ1) is 11.9. The van der Waals surface area contributed by atoms with Gasteiger partial charge in [-0.15, -0.1) is 0 Å². The summed E-state index contributed by atoms with van der Waals surface area (Å²) in [5.74, 6) is -2.99. The van der Waals surface area contributed by atoms with Crippen LogP contribution < -0.4 is 5.32 Å². The number of aromatic nitrogens is 1. The minimum Gasteiger partial charge on any atom is -0.319 e. The Balaban J connectivity index is 2.12. The molecule has 1 N–H and O–H groups in total. The van der Waals surface area contributed by atoms with Gasteiger partial charge in [0, 0.05) is 43.7 Å². The average molecular weight is 344 g/mol. The highest BCUT2D eigenvalue weighted by atomic mass is 19.3. The molecule has 25 heavy (non-hydrogen) atoms. The van der Waals surface area contributed by atoms with Gasteiger partial charge < -0.3 is 10.2 Å². The molecule has 1 aromatic heterocycles. The van der Waals surface area contributed by atoms with Gasteiger partial charge in [0.2, 0.25) is 0 Å². The Morgan fingerprint density at radius 3 is 2.80 bits per heavy atom. The minimum absolute atomic E-state index is 0.167. The number of pyridine rings is 1. The summed E-state index contributed by atoms with van der Waals surface area (Å²) in [5.41, 5.74) is 0.905. The largest absolute Gasteiger partial charge is 0.322 e. The van der Waals surface area contributed by atoms with Crippen molar-refractivity contribution in [2.75, 3.05) is 11.9 Å². The molecule has 0 fully saturated rings. The number of amides is 2. The van der Waals surface area contributed by atoms with Gasteiger partial charge >= 0.3 is 6.03 Å². The number of nitriles is 1. The molecule has 0 unspecified atom stereocenters. The lowest BCUT2D eigenvalue weighted by Crippen LogP contribution is -2.35. The predicted molar refractivity (Wildman–Crippen MR) is 89.9 cm³/mol. The third-order valence-electron chi connectivity index (χ3n) is 3.50. The molecule has 0 atom stereocenters. The number of nitrogens with one attached hydrogen (secondary N) is 1. The Morgan fingerprint density at radius 1 is 1.36 bits per heavy atom. The molecule has 0 saturated carbocycles. The molecule has 1 aromatic carbocycles.